The number of rotatable bonds is 8. The predicted octanol–water partition coefficient (Wildman–Crippen LogP) is 2.07. The van der Waals surface area contributed by atoms with E-state index in [0.717, 1.165) is 12.5 Å². The number of carbonyl (C=O) groups is 1. The second-order valence-electron chi connectivity index (χ2n) is 7.36. The molecule has 1 atom stereocenters. The predicted molar refractivity (Wildman–Crippen MR) is 110 cm³/mol. The number of aliphatic hydroxyl groups is 3. The molecule has 1 aromatic rings. The van der Waals surface area contributed by atoms with Crippen molar-refractivity contribution in [1.29, 1.82) is 0 Å². The number of aromatic amines is 1. The van der Waals surface area contributed by atoms with E-state index in [0.29, 0.717) is 12.8 Å². The van der Waals surface area contributed by atoms with E-state index >= 15 is 0 Å². The lowest BCUT2D eigenvalue weighted by atomic mass is 9.78. The molecule has 0 spiro atoms. The van der Waals surface area contributed by atoms with Crippen LogP contribution in [0.15, 0.2) is 47.4 Å². The zero-order chi connectivity index (χ0) is 21.4. The summed E-state index contributed by atoms with van der Waals surface area (Å²) in [6.07, 6.45) is 12.2. The molecule has 1 aromatic heterocycles. The molecule has 0 amide bonds. The number of H-pyrrole nitrogens is 1. The zero-order valence-electron chi connectivity index (χ0n) is 16.5. The monoisotopic (exact) mass is 403 g/mol. The summed E-state index contributed by atoms with van der Waals surface area (Å²) in [7, 11) is 0. The maximum atomic E-state index is 12.4. The summed E-state index contributed by atoms with van der Waals surface area (Å²) in [4.78, 5) is 27.0. The quantitative estimate of drug-likeness (QED) is 0.257. The van der Waals surface area contributed by atoms with E-state index in [1.54, 1.807) is 18.2 Å². The van der Waals surface area contributed by atoms with Crippen LogP contribution in [0.3, 0.4) is 0 Å². The van der Waals surface area contributed by atoms with Crippen molar-refractivity contribution in [3.05, 3.63) is 64.1 Å². The molecule has 0 aliphatic heterocycles. The van der Waals surface area contributed by atoms with Gasteiger partial charge in [-0.25, -0.2) is 0 Å². The average Bonchev–Trinajstić information content (AvgIpc) is 2.70. The number of pyridine rings is 1. The van der Waals surface area contributed by atoms with Crippen molar-refractivity contribution in [2.45, 2.75) is 50.7 Å². The molecule has 29 heavy (non-hydrogen) atoms. The molecule has 0 saturated heterocycles. The van der Waals surface area contributed by atoms with Crippen LogP contribution in [0.4, 0.5) is 0 Å². The number of hydrogen-bond donors (Lipinski definition) is 5. The molecule has 7 nitrogen and oxygen atoms in total. The Morgan fingerprint density at radius 2 is 1.93 bits per heavy atom. The maximum absolute atomic E-state index is 12.4. The van der Waals surface area contributed by atoms with E-state index in [2.05, 4.69) is 4.98 Å². The summed E-state index contributed by atoms with van der Waals surface area (Å²) in [5, 5.41) is 40.1. The van der Waals surface area contributed by atoms with E-state index in [9.17, 15) is 24.9 Å². The highest BCUT2D eigenvalue weighted by Crippen LogP contribution is 2.41. The molecule has 2 rings (SSSR count). The van der Waals surface area contributed by atoms with Gasteiger partial charge in [-0.15, -0.1) is 0 Å². The number of allylic oxidation sites excluding steroid dienone is 5. The summed E-state index contributed by atoms with van der Waals surface area (Å²) in [6, 6.07) is 0. The Balaban J connectivity index is 2.17. The van der Waals surface area contributed by atoms with Crippen LogP contribution >= 0.6 is 0 Å². The normalized spacial score (nSPS) is 23.9. The van der Waals surface area contributed by atoms with Gasteiger partial charge in [0.15, 0.2) is 5.78 Å². The van der Waals surface area contributed by atoms with Crippen molar-refractivity contribution in [2.75, 3.05) is 6.61 Å². The maximum Gasteiger partial charge on any atom is 0.262 e. The van der Waals surface area contributed by atoms with Crippen molar-refractivity contribution >= 4 is 5.78 Å². The standard InChI is InChI=1S/C22H29NO6/c1-2-15(14-24)7-5-3-4-6-8-18(26)19-20(27)17(13-23-21(19)28)22(29)11-9-16(25)10-12-22/h3-8,13,15-16,24-25,29H,2,9-12,14H2,1H3,(H2,23,27,28)/b4-3+,7-5+,8-6+/t15-,16?,22?/m1/s1. The van der Waals surface area contributed by atoms with Crippen molar-refractivity contribution in [2.24, 2.45) is 5.92 Å². The van der Waals surface area contributed by atoms with E-state index in [4.69, 9.17) is 5.11 Å². The van der Waals surface area contributed by atoms with Gasteiger partial charge in [0.25, 0.3) is 5.56 Å². The van der Waals surface area contributed by atoms with Gasteiger partial charge < -0.3 is 25.4 Å². The van der Waals surface area contributed by atoms with Crippen LogP contribution in [-0.4, -0.2) is 43.9 Å². The van der Waals surface area contributed by atoms with Crippen LogP contribution in [0.5, 0.6) is 5.75 Å². The SMILES string of the molecule is CC[C@H](/C=C/C=C/C=C/C(=O)c1c(O)c(C2(O)CCC(O)CC2)c[nH]c1=O)CO. The lowest BCUT2D eigenvalue weighted by Gasteiger charge is -2.35. The number of aliphatic hydroxyl groups excluding tert-OH is 2. The second-order valence-corrected chi connectivity index (χ2v) is 7.36. The third-order valence-electron chi connectivity index (χ3n) is 5.32. The minimum atomic E-state index is -1.40. The Kier molecular flexibility index (Phi) is 8.13. The molecule has 0 bridgehead atoms. The highest BCUT2D eigenvalue weighted by Gasteiger charge is 2.38. The molecular weight excluding hydrogens is 374 g/mol. The van der Waals surface area contributed by atoms with Gasteiger partial charge in [0, 0.05) is 18.4 Å². The van der Waals surface area contributed by atoms with Crippen molar-refractivity contribution < 1.29 is 25.2 Å². The molecule has 5 N–H and O–H groups in total. The topological polar surface area (TPSA) is 131 Å². The smallest absolute Gasteiger partial charge is 0.262 e. The lowest BCUT2D eigenvalue weighted by molar-refractivity contribution is -0.0377. The Labute approximate surface area is 169 Å². The minimum absolute atomic E-state index is 0.0683. The third kappa shape index (κ3) is 5.76. The van der Waals surface area contributed by atoms with Gasteiger partial charge >= 0.3 is 0 Å². The number of aromatic hydroxyl groups is 1. The van der Waals surface area contributed by atoms with Gasteiger partial charge in [-0.05, 0) is 44.1 Å². The van der Waals surface area contributed by atoms with Crippen LogP contribution in [-0.2, 0) is 5.60 Å². The fourth-order valence-corrected chi connectivity index (χ4v) is 3.36. The number of hydrogen-bond acceptors (Lipinski definition) is 6. The summed E-state index contributed by atoms with van der Waals surface area (Å²) >= 11 is 0. The van der Waals surface area contributed by atoms with Gasteiger partial charge in [0.1, 0.15) is 11.3 Å². The van der Waals surface area contributed by atoms with Gasteiger partial charge in [-0.1, -0.05) is 37.3 Å². The van der Waals surface area contributed by atoms with Crippen LogP contribution in [0.2, 0.25) is 0 Å². The van der Waals surface area contributed by atoms with E-state index < -0.39 is 34.4 Å². The first-order chi connectivity index (χ1) is 13.8. The molecule has 1 aliphatic rings. The van der Waals surface area contributed by atoms with Crippen LogP contribution in [0, 0.1) is 5.92 Å². The van der Waals surface area contributed by atoms with Crippen molar-refractivity contribution in [3.8, 4) is 5.75 Å². The third-order valence-corrected chi connectivity index (χ3v) is 5.32. The molecule has 0 unspecified atom stereocenters. The highest BCUT2D eigenvalue weighted by atomic mass is 16.3. The first kappa shape index (κ1) is 22.8. The summed E-state index contributed by atoms with van der Waals surface area (Å²) < 4.78 is 0. The molecule has 158 valence electrons. The fourth-order valence-electron chi connectivity index (χ4n) is 3.36. The molecule has 1 fully saturated rings. The van der Waals surface area contributed by atoms with Gasteiger partial charge in [-0.3, -0.25) is 9.59 Å². The summed E-state index contributed by atoms with van der Waals surface area (Å²) in [5.74, 6) is -1.13. The lowest BCUT2D eigenvalue weighted by Crippen LogP contribution is -2.34. The van der Waals surface area contributed by atoms with E-state index in [1.807, 2.05) is 13.0 Å². The Bertz CT molecular complexity index is 839. The first-order valence-corrected chi connectivity index (χ1v) is 9.84. The molecule has 1 heterocycles. The second kappa shape index (κ2) is 10.3. The molecule has 1 aliphatic carbocycles. The van der Waals surface area contributed by atoms with E-state index in [1.165, 1.54) is 12.3 Å². The Morgan fingerprint density at radius 3 is 2.55 bits per heavy atom. The van der Waals surface area contributed by atoms with Crippen LogP contribution in [0.25, 0.3) is 0 Å². The molecular formula is C22H29NO6. The number of carbonyl (C=O) groups excluding carboxylic acids is 1. The Morgan fingerprint density at radius 1 is 1.28 bits per heavy atom. The molecule has 7 heteroatoms. The van der Waals surface area contributed by atoms with Crippen LogP contribution in [0.1, 0.15) is 54.9 Å². The van der Waals surface area contributed by atoms with Gasteiger partial charge in [0.05, 0.1) is 11.7 Å². The largest absolute Gasteiger partial charge is 0.507 e. The highest BCUT2D eigenvalue weighted by molar-refractivity contribution is 6.06. The molecule has 0 radical (unpaired) electrons. The molecule has 0 aromatic carbocycles. The summed E-state index contributed by atoms with van der Waals surface area (Å²) in [5.41, 5.74) is -2.47. The van der Waals surface area contributed by atoms with Crippen LogP contribution < -0.4 is 5.56 Å². The Hall–Kier alpha value is -2.48. The fraction of sp³-hybridized carbons (Fsp3) is 0.455. The molecule has 1 saturated carbocycles. The zero-order valence-corrected chi connectivity index (χ0v) is 16.5. The average molecular weight is 403 g/mol. The van der Waals surface area contributed by atoms with Crippen molar-refractivity contribution in [3.63, 3.8) is 0 Å². The minimum Gasteiger partial charge on any atom is -0.507 e. The number of aromatic nitrogens is 1. The number of nitrogens with one attached hydrogen (secondary N) is 1. The van der Waals surface area contributed by atoms with Crippen molar-refractivity contribution in [1.82, 2.24) is 4.98 Å². The van der Waals surface area contributed by atoms with Gasteiger partial charge in [-0.2, -0.15) is 0 Å². The summed E-state index contributed by atoms with van der Waals surface area (Å²) in [6.45, 7) is 2.04. The first-order valence-electron chi connectivity index (χ1n) is 9.84. The van der Waals surface area contributed by atoms with E-state index in [-0.39, 0.29) is 30.9 Å². The number of ketones is 1. The van der Waals surface area contributed by atoms with Gasteiger partial charge in [0.2, 0.25) is 0 Å².